The van der Waals surface area contributed by atoms with Crippen LogP contribution < -0.4 is 10.7 Å². The van der Waals surface area contributed by atoms with Crippen LogP contribution in [0.1, 0.15) is 24.8 Å². The number of benzene rings is 3. The number of carbonyl (C=O) groups is 2. The number of hydrogen-bond donors (Lipinski definition) is 1. The summed E-state index contributed by atoms with van der Waals surface area (Å²) >= 11 is 0. The molecule has 1 aliphatic rings. The van der Waals surface area contributed by atoms with Crippen molar-refractivity contribution in [3.63, 3.8) is 0 Å². The molecule has 3 aromatic carbocycles. The van der Waals surface area contributed by atoms with Crippen LogP contribution in [0.2, 0.25) is 0 Å². The van der Waals surface area contributed by atoms with E-state index in [1.54, 1.807) is 28.8 Å². The van der Waals surface area contributed by atoms with Crippen LogP contribution in [-0.4, -0.2) is 29.6 Å². The molecule has 0 atom stereocenters. The van der Waals surface area contributed by atoms with Crippen LogP contribution in [-0.2, 0) is 26.3 Å². The molecule has 1 amide bonds. The molecule has 6 heteroatoms. The molecule has 172 valence electrons. The largest absolute Gasteiger partial charge is 0.454 e. The molecule has 1 N–H and O–H groups in total. The van der Waals surface area contributed by atoms with Gasteiger partial charge in [-0.1, -0.05) is 61.0 Å². The molecule has 1 fully saturated rings. The number of nitrogens with one attached hydrogen (secondary N) is 1. The summed E-state index contributed by atoms with van der Waals surface area (Å²) in [5, 5.41) is 4.03. The highest BCUT2D eigenvalue weighted by molar-refractivity contribution is 5.94. The average Bonchev–Trinajstić information content (AvgIpc) is 2.85. The highest BCUT2D eigenvalue weighted by atomic mass is 16.5. The molecule has 1 saturated carbocycles. The smallest absolute Gasteiger partial charge is 0.326 e. The zero-order valence-corrected chi connectivity index (χ0v) is 18.8. The number of fused-ring (bicyclic) bond motifs is 2. The number of rotatable bonds is 7. The van der Waals surface area contributed by atoms with Crippen LogP contribution in [0.4, 0.5) is 0 Å². The van der Waals surface area contributed by atoms with Crippen LogP contribution in [0, 0.1) is 0 Å². The Morgan fingerprint density at radius 2 is 1.44 bits per heavy atom. The van der Waals surface area contributed by atoms with Crippen LogP contribution in [0.5, 0.6) is 0 Å². The Kier molecular flexibility index (Phi) is 5.88. The molecular weight excluding hydrogens is 428 g/mol. The lowest BCUT2D eigenvalue weighted by Gasteiger charge is -2.42. The van der Waals surface area contributed by atoms with E-state index in [1.807, 2.05) is 42.5 Å². The van der Waals surface area contributed by atoms with E-state index < -0.39 is 5.97 Å². The molecule has 1 heterocycles. The molecule has 6 nitrogen and oxygen atoms in total. The summed E-state index contributed by atoms with van der Waals surface area (Å²) in [6, 6.07) is 24.6. The van der Waals surface area contributed by atoms with Crippen molar-refractivity contribution in [2.45, 2.75) is 31.2 Å². The number of ether oxygens (including phenoxy) is 1. The van der Waals surface area contributed by atoms with Crippen LogP contribution in [0.15, 0.2) is 83.7 Å². The van der Waals surface area contributed by atoms with E-state index >= 15 is 0 Å². The van der Waals surface area contributed by atoms with Gasteiger partial charge < -0.3 is 14.6 Å². The Balaban J connectivity index is 1.26. The number of nitrogens with zero attached hydrogens (tertiary/aromatic N) is 1. The van der Waals surface area contributed by atoms with Gasteiger partial charge >= 0.3 is 5.97 Å². The van der Waals surface area contributed by atoms with E-state index in [0.717, 1.165) is 19.3 Å². The van der Waals surface area contributed by atoms with Crippen LogP contribution in [0.3, 0.4) is 0 Å². The van der Waals surface area contributed by atoms with Gasteiger partial charge in [-0.2, -0.15) is 0 Å². The van der Waals surface area contributed by atoms with Crippen LogP contribution >= 0.6 is 0 Å². The number of pyridine rings is 1. The first-order chi connectivity index (χ1) is 16.6. The summed E-state index contributed by atoms with van der Waals surface area (Å²) < 4.78 is 7.08. The molecule has 0 radical (unpaired) electrons. The lowest BCUT2D eigenvalue weighted by Crippen LogP contribution is -2.46. The monoisotopic (exact) mass is 454 g/mol. The molecule has 0 unspecified atom stereocenters. The van der Waals surface area contributed by atoms with Crippen LogP contribution in [0.25, 0.3) is 21.8 Å². The SMILES string of the molecule is O=C(COC(=O)Cn1c2ccccc2c(=O)c2ccccc21)NCC1(c2ccccc2)CCC1. The molecule has 0 spiro atoms. The number of esters is 1. The molecule has 34 heavy (non-hydrogen) atoms. The third-order valence-corrected chi connectivity index (χ3v) is 6.85. The second kappa shape index (κ2) is 9.14. The van der Waals surface area contributed by atoms with E-state index in [0.29, 0.717) is 28.4 Å². The summed E-state index contributed by atoms with van der Waals surface area (Å²) in [5.41, 5.74) is 2.44. The van der Waals surface area contributed by atoms with Gasteiger partial charge in [-0.25, -0.2) is 0 Å². The summed E-state index contributed by atoms with van der Waals surface area (Å²) in [4.78, 5) is 38.0. The zero-order valence-electron chi connectivity index (χ0n) is 18.8. The Morgan fingerprint density at radius 3 is 2.03 bits per heavy atom. The number of para-hydroxylation sites is 2. The lowest BCUT2D eigenvalue weighted by atomic mass is 9.64. The van der Waals surface area contributed by atoms with Gasteiger partial charge in [0.1, 0.15) is 6.54 Å². The zero-order chi connectivity index (χ0) is 23.5. The number of amides is 1. The maximum Gasteiger partial charge on any atom is 0.326 e. The molecule has 0 aliphatic heterocycles. The molecule has 4 aromatic rings. The number of hydrogen-bond acceptors (Lipinski definition) is 4. The molecular formula is C28H26N2O4. The molecule has 0 saturated heterocycles. The minimum absolute atomic E-state index is 0.0330. The van der Waals surface area contributed by atoms with E-state index in [9.17, 15) is 14.4 Å². The molecule has 0 bridgehead atoms. The molecule has 1 aliphatic carbocycles. The predicted molar refractivity (Wildman–Crippen MR) is 132 cm³/mol. The van der Waals surface area contributed by atoms with Crippen molar-refractivity contribution >= 4 is 33.7 Å². The summed E-state index contributed by atoms with van der Waals surface area (Å²) in [6.07, 6.45) is 3.20. The quantitative estimate of drug-likeness (QED) is 0.339. The Bertz CT molecular complexity index is 1360. The predicted octanol–water partition coefficient (Wildman–Crippen LogP) is 3.94. The first-order valence-electron chi connectivity index (χ1n) is 11.6. The fourth-order valence-corrected chi connectivity index (χ4v) is 4.85. The van der Waals surface area contributed by atoms with Crippen molar-refractivity contribution in [2.75, 3.05) is 13.2 Å². The third kappa shape index (κ3) is 4.07. The fourth-order valence-electron chi connectivity index (χ4n) is 4.85. The first kappa shape index (κ1) is 21.9. The van der Waals surface area contributed by atoms with E-state index in [-0.39, 0.29) is 29.9 Å². The van der Waals surface area contributed by atoms with Crippen molar-refractivity contribution in [3.8, 4) is 0 Å². The number of aromatic nitrogens is 1. The highest BCUT2D eigenvalue weighted by Crippen LogP contribution is 2.43. The minimum atomic E-state index is -0.532. The summed E-state index contributed by atoms with van der Waals surface area (Å²) in [5.74, 6) is -0.847. The standard InChI is InChI=1S/C28H26N2O4/c31-25(29-19-28(15-8-16-28)20-9-2-1-3-10-20)18-34-26(32)17-30-23-13-6-4-11-21(23)27(33)22-12-5-7-14-24(22)30/h1-7,9-14H,8,15-19H2,(H,29,31). The maximum absolute atomic E-state index is 12.8. The Hall–Kier alpha value is -3.93. The van der Waals surface area contributed by atoms with Crippen molar-refractivity contribution in [1.82, 2.24) is 9.88 Å². The van der Waals surface area contributed by atoms with E-state index in [4.69, 9.17) is 4.74 Å². The van der Waals surface area contributed by atoms with Gasteiger partial charge in [-0.3, -0.25) is 14.4 Å². The molecule has 5 rings (SSSR count). The Morgan fingerprint density at radius 1 is 0.853 bits per heavy atom. The lowest BCUT2D eigenvalue weighted by molar-refractivity contribution is -0.149. The van der Waals surface area contributed by atoms with Crippen molar-refractivity contribution in [2.24, 2.45) is 0 Å². The van der Waals surface area contributed by atoms with E-state index in [1.165, 1.54) is 5.56 Å². The van der Waals surface area contributed by atoms with Gasteiger partial charge in [0.15, 0.2) is 12.0 Å². The van der Waals surface area contributed by atoms with Crippen molar-refractivity contribution in [1.29, 1.82) is 0 Å². The highest BCUT2D eigenvalue weighted by Gasteiger charge is 2.38. The summed E-state index contributed by atoms with van der Waals surface area (Å²) in [6.45, 7) is 0.102. The Labute approximate surface area is 197 Å². The summed E-state index contributed by atoms with van der Waals surface area (Å²) in [7, 11) is 0. The van der Waals surface area contributed by atoms with Gasteiger partial charge in [0.25, 0.3) is 5.91 Å². The van der Waals surface area contributed by atoms with Gasteiger partial charge in [0.05, 0.1) is 11.0 Å². The fraction of sp³-hybridized carbons (Fsp3) is 0.250. The van der Waals surface area contributed by atoms with Gasteiger partial charge in [0, 0.05) is 22.7 Å². The topological polar surface area (TPSA) is 77.4 Å². The second-order valence-electron chi connectivity index (χ2n) is 8.89. The van der Waals surface area contributed by atoms with Gasteiger partial charge in [0.2, 0.25) is 0 Å². The molecule has 1 aromatic heterocycles. The third-order valence-electron chi connectivity index (χ3n) is 6.85. The number of carbonyl (C=O) groups excluding carboxylic acids is 2. The average molecular weight is 455 g/mol. The van der Waals surface area contributed by atoms with Gasteiger partial charge in [-0.15, -0.1) is 0 Å². The van der Waals surface area contributed by atoms with Gasteiger partial charge in [-0.05, 0) is 42.7 Å². The second-order valence-corrected chi connectivity index (χ2v) is 8.89. The van der Waals surface area contributed by atoms with Crippen molar-refractivity contribution in [3.05, 3.63) is 94.6 Å². The normalized spacial score (nSPS) is 14.5. The van der Waals surface area contributed by atoms with Crippen molar-refractivity contribution < 1.29 is 14.3 Å². The minimum Gasteiger partial charge on any atom is -0.454 e. The first-order valence-corrected chi connectivity index (χ1v) is 11.6. The van der Waals surface area contributed by atoms with E-state index in [2.05, 4.69) is 17.4 Å². The maximum atomic E-state index is 12.8.